The van der Waals surface area contributed by atoms with Gasteiger partial charge in [0.05, 0.1) is 21.1 Å². The molecule has 0 spiro atoms. The van der Waals surface area contributed by atoms with Gasteiger partial charge in [-0.25, -0.2) is 0 Å². The zero-order valence-corrected chi connectivity index (χ0v) is 9.74. The van der Waals surface area contributed by atoms with Crippen molar-refractivity contribution in [2.45, 2.75) is 13.3 Å². The van der Waals surface area contributed by atoms with Crippen molar-refractivity contribution in [1.82, 2.24) is 5.32 Å². The molecule has 0 aliphatic rings. The van der Waals surface area contributed by atoms with Crippen LogP contribution in [0.2, 0.25) is 0 Å². The lowest BCUT2D eigenvalue weighted by molar-refractivity contribution is -0.836. The van der Waals surface area contributed by atoms with Gasteiger partial charge in [-0.05, 0) is 12.5 Å². The van der Waals surface area contributed by atoms with Gasteiger partial charge in [-0.3, -0.25) is 4.79 Å². The van der Waals surface area contributed by atoms with Gasteiger partial charge in [-0.2, -0.15) is 0 Å². The van der Waals surface area contributed by atoms with Crippen molar-refractivity contribution in [2.24, 2.45) is 0 Å². The van der Waals surface area contributed by atoms with Crippen LogP contribution in [0.15, 0.2) is 12.7 Å². The van der Waals surface area contributed by atoms with Crippen molar-refractivity contribution < 1.29 is 22.1 Å². The molecule has 0 aromatic heterocycles. The summed E-state index contributed by atoms with van der Waals surface area (Å²) in [7, 11) is 6.25. The van der Waals surface area contributed by atoms with Crippen LogP contribution in [0.5, 0.6) is 0 Å². The molecule has 0 aromatic carbocycles. The average molecular weight is 209 g/mol. The third-order valence-corrected chi connectivity index (χ3v) is 0.735. The maximum absolute atomic E-state index is 10.3. The second kappa shape index (κ2) is 14.0. The van der Waals surface area contributed by atoms with E-state index < -0.39 is 0 Å². The number of carbonyl (C=O) groups excluding carboxylic acids is 1. The Morgan fingerprint density at radius 1 is 1.46 bits per heavy atom. The molecule has 0 bridgehead atoms. The Hall–Kier alpha value is -0.540. The maximum Gasteiger partial charge on any atom is 0.243 e. The Morgan fingerprint density at radius 3 is 2.08 bits per heavy atom. The second-order valence-corrected chi connectivity index (χ2v) is 3.00. The summed E-state index contributed by atoms with van der Waals surface area (Å²) in [6, 6.07) is 0. The van der Waals surface area contributed by atoms with Crippen molar-refractivity contribution in [1.29, 1.82) is 0 Å². The molecule has 80 valence electrons. The summed E-state index contributed by atoms with van der Waals surface area (Å²) in [5, 5.41) is 2.62. The summed E-state index contributed by atoms with van der Waals surface area (Å²) >= 11 is 0. The van der Waals surface area contributed by atoms with Gasteiger partial charge in [-0.1, -0.05) is 13.5 Å². The molecule has 3 nitrogen and oxygen atoms in total. The maximum atomic E-state index is 10.3. The highest BCUT2D eigenvalue weighted by Gasteiger charge is 1.86. The largest absolute Gasteiger partial charge is 1.00 e. The topological polar surface area (TPSA) is 33.5 Å². The Labute approximate surface area is 87.6 Å². The minimum Gasteiger partial charge on any atom is -1.00 e. The number of quaternary nitrogens is 1. The van der Waals surface area contributed by atoms with Crippen LogP contribution >= 0.6 is 0 Å². The van der Waals surface area contributed by atoms with Crippen LogP contribution in [-0.2, 0) is 4.79 Å². The van der Waals surface area contributed by atoms with Crippen LogP contribution in [0.25, 0.3) is 0 Å². The van der Waals surface area contributed by atoms with Crippen molar-refractivity contribution >= 4 is 5.91 Å². The van der Waals surface area contributed by atoms with Gasteiger partial charge in [0.1, 0.15) is 0 Å². The third kappa shape index (κ3) is 34.4. The van der Waals surface area contributed by atoms with Crippen LogP contribution in [0, 0.1) is 0 Å². The lowest BCUT2D eigenvalue weighted by Crippen LogP contribution is -3.02. The molecule has 0 radical (unpaired) electrons. The molecule has 0 atom stereocenters. The van der Waals surface area contributed by atoms with E-state index in [0.29, 0.717) is 0 Å². The first-order chi connectivity index (χ1) is 5.54. The molecular weight excluding hydrogens is 188 g/mol. The zero-order valence-electron chi connectivity index (χ0n) is 8.98. The summed E-state index contributed by atoms with van der Waals surface area (Å²) in [5.74, 6) is -0.0909. The van der Waals surface area contributed by atoms with E-state index in [1.165, 1.54) is 11.0 Å². The first-order valence-corrected chi connectivity index (χ1v) is 4.21. The van der Waals surface area contributed by atoms with Crippen molar-refractivity contribution in [2.75, 3.05) is 27.7 Å². The molecule has 0 fully saturated rings. The number of amides is 1. The van der Waals surface area contributed by atoms with Gasteiger partial charge in [0.2, 0.25) is 5.91 Å². The molecule has 0 saturated carbocycles. The molecule has 2 N–H and O–H groups in total. The van der Waals surface area contributed by atoms with E-state index in [1.54, 1.807) is 0 Å². The van der Waals surface area contributed by atoms with E-state index in [0.717, 1.165) is 13.0 Å². The van der Waals surface area contributed by atoms with Crippen LogP contribution in [0.4, 0.5) is 0 Å². The van der Waals surface area contributed by atoms with E-state index >= 15 is 0 Å². The lowest BCUT2D eigenvalue weighted by atomic mass is 10.4. The monoisotopic (exact) mass is 208 g/mol. The smallest absolute Gasteiger partial charge is 0.243 e. The summed E-state index contributed by atoms with van der Waals surface area (Å²) in [5.41, 5.74) is 0. The Kier molecular flexibility index (Phi) is 19.7. The molecule has 0 unspecified atom stereocenters. The van der Waals surface area contributed by atoms with Crippen molar-refractivity contribution in [3.63, 3.8) is 0 Å². The number of hydrogen-bond acceptors (Lipinski definition) is 1. The summed E-state index contributed by atoms with van der Waals surface area (Å²) < 4.78 is 0. The number of rotatable bonds is 3. The van der Waals surface area contributed by atoms with E-state index in [-0.39, 0.29) is 18.3 Å². The van der Waals surface area contributed by atoms with Gasteiger partial charge in [0, 0.05) is 6.54 Å². The molecule has 0 heterocycles. The second-order valence-electron chi connectivity index (χ2n) is 3.00. The highest BCUT2D eigenvalue weighted by Crippen LogP contribution is 1.70. The first kappa shape index (κ1) is 18.3. The quantitative estimate of drug-likeness (QED) is 0.463. The molecule has 13 heavy (non-hydrogen) atoms. The third-order valence-electron chi connectivity index (χ3n) is 0.735. The Morgan fingerprint density at radius 2 is 1.85 bits per heavy atom. The molecule has 0 aliphatic carbocycles. The zero-order chi connectivity index (χ0) is 9.98. The van der Waals surface area contributed by atoms with Crippen LogP contribution in [-0.4, -0.2) is 33.6 Å². The first-order valence-electron chi connectivity index (χ1n) is 4.21. The van der Waals surface area contributed by atoms with Crippen LogP contribution in [0.3, 0.4) is 0 Å². The summed E-state index contributed by atoms with van der Waals surface area (Å²) in [6.45, 7) is 6.05. The molecule has 1 amide bonds. The number of halogens is 1. The fourth-order valence-corrected chi connectivity index (χ4v) is 0.320. The molecule has 0 aliphatic heterocycles. The molecule has 0 rings (SSSR count). The van der Waals surface area contributed by atoms with E-state index in [4.69, 9.17) is 0 Å². The summed E-state index contributed by atoms with van der Waals surface area (Å²) in [4.78, 5) is 11.8. The molecule has 4 heteroatoms. The summed E-state index contributed by atoms with van der Waals surface area (Å²) in [6.07, 6.45) is 2.25. The highest BCUT2D eigenvalue weighted by atomic mass is 35.5. The van der Waals surface area contributed by atoms with Gasteiger partial charge in [0.25, 0.3) is 0 Å². The average Bonchev–Trinajstić information content (AvgIpc) is 1.99. The minimum atomic E-state index is -0.0909. The molecular formula is C9H21ClN2O. The van der Waals surface area contributed by atoms with Crippen LogP contribution in [0.1, 0.15) is 13.3 Å². The Balaban J connectivity index is -0.000000173. The standard InChI is InChI=1S/C6H11NO.C3H9N.ClH/c1-3-5-7-6(8)4-2;1-4(2)3;/h4H,2-3,5H2,1H3,(H,7,8);1-3H3;1H. The normalized spacial score (nSPS) is 7.77. The van der Waals surface area contributed by atoms with Gasteiger partial charge in [-0.15, -0.1) is 0 Å². The Bertz CT molecular complexity index is 124. The highest BCUT2D eigenvalue weighted by molar-refractivity contribution is 5.86. The molecule has 0 saturated heterocycles. The fourth-order valence-electron chi connectivity index (χ4n) is 0.320. The van der Waals surface area contributed by atoms with Gasteiger partial charge in [0.15, 0.2) is 0 Å². The van der Waals surface area contributed by atoms with Crippen molar-refractivity contribution in [3.05, 3.63) is 12.7 Å². The predicted octanol–water partition coefficient (Wildman–Crippen LogP) is -3.54. The van der Waals surface area contributed by atoms with Crippen molar-refractivity contribution in [3.8, 4) is 0 Å². The SMILES string of the molecule is C=CC(=O)NCCC.C[NH+](C)C.[Cl-]. The van der Waals surface area contributed by atoms with Crippen LogP contribution < -0.4 is 22.6 Å². The lowest BCUT2D eigenvalue weighted by Gasteiger charge is -1.94. The van der Waals surface area contributed by atoms with E-state index in [9.17, 15) is 4.79 Å². The number of hydrogen-bond donors (Lipinski definition) is 2. The van der Waals surface area contributed by atoms with Gasteiger partial charge < -0.3 is 22.6 Å². The predicted molar refractivity (Wildman–Crippen MR) is 52.2 cm³/mol. The number of carbonyl (C=O) groups is 1. The fraction of sp³-hybridized carbons (Fsp3) is 0.667. The minimum absolute atomic E-state index is 0. The number of nitrogens with one attached hydrogen (secondary N) is 2. The van der Waals surface area contributed by atoms with E-state index in [2.05, 4.69) is 33.0 Å². The van der Waals surface area contributed by atoms with Gasteiger partial charge >= 0.3 is 0 Å². The molecule has 0 aromatic rings. The van der Waals surface area contributed by atoms with E-state index in [1.807, 2.05) is 6.92 Å².